The maximum absolute atomic E-state index is 12.3. The van der Waals surface area contributed by atoms with E-state index in [1.807, 2.05) is 0 Å². The summed E-state index contributed by atoms with van der Waals surface area (Å²) in [4.78, 5) is 13.1. The molecule has 1 atom stereocenters. The molecule has 2 heterocycles. The van der Waals surface area contributed by atoms with E-state index in [2.05, 4.69) is 10.4 Å². The van der Waals surface area contributed by atoms with Crippen LogP contribution in [0.5, 0.6) is 0 Å². The predicted octanol–water partition coefficient (Wildman–Crippen LogP) is 1.03. The van der Waals surface area contributed by atoms with Gasteiger partial charge in [0, 0.05) is 26.3 Å². The Hall–Kier alpha value is -1.57. The summed E-state index contributed by atoms with van der Waals surface area (Å²) in [6.45, 7) is 0.307. The molecule has 1 aromatic heterocycles. The Kier molecular flexibility index (Phi) is 4.32. The molecule has 1 unspecified atom stereocenters. The molecule has 1 amide bonds. The number of hydrogen-bond acceptors (Lipinski definition) is 3. The van der Waals surface area contributed by atoms with Gasteiger partial charge in [-0.1, -0.05) is 0 Å². The van der Waals surface area contributed by atoms with Crippen LogP contribution in [-0.4, -0.2) is 52.9 Å². The van der Waals surface area contributed by atoms with Crippen molar-refractivity contribution < 1.29 is 18.0 Å². The topological polar surface area (TPSA) is 50.2 Å². The van der Waals surface area contributed by atoms with Crippen LogP contribution in [0.25, 0.3) is 0 Å². The minimum absolute atomic E-state index is 0.0676. The van der Waals surface area contributed by atoms with Gasteiger partial charge in [-0.3, -0.25) is 14.4 Å². The SMILES string of the molecule is Cn1cc(C(=O)NCC2CCN(CC(F)(F)F)C2)cn1. The van der Waals surface area contributed by atoms with E-state index in [-0.39, 0.29) is 11.8 Å². The van der Waals surface area contributed by atoms with Crippen LogP contribution in [0.2, 0.25) is 0 Å². The van der Waals surface area contributed by atoms with Gasteiger partial charge in [-0.05, 0) is 18.9 Å². The molecule has 0 bridgehead atoms. The third-order valence-corrected chi connectivity index (χ3v) is 3.29. The zero-order valence-corrected chi connectivity index (χ0v) is 11.2. The summed E-state index contributed by atoms with van der Waals surface area (Å²) in [6.07, 6.45) is -0.433. The van der Waals surface area contributed by atoms with Crippen LogP contribution in [0.1, 0.15) is 16.8 Å². The maximum Gasteiger partial charge on any atom is 0.401 e. The van der Waals surface area contributed by atoms with Crippen LogP contribution in [0.4, 0.5) is 13.2 Å². The Balaban J connectivity index is 1.74. The second-order valence-electron chi connectivity index (χ2n) is 5.12. The summed E-state index contributed by atoms with van der Waals surface area (Å²) < 4.78 is 38.3. The zero-order valence-electron chi connectivity index (χ0n) is 11.2. The van der Waals surface area contributed by atoms with Gasteiger partial charge in [0.15, 0.2) is 0 Å². The number of likely N-dealkylation sites (tertiary alicyclic amines) is 1. The largest absolute Gasteiger partial charge is 0.401 e. The number of nitrogens with zero attached hydrogens (tertiary/aromatic N) is 3. The molecule has 2 rings (SSSR count). The summed E-state index contributed by atoms with van der Waals surface area (Å²) >= 11 is 0. The lowest BCUT2D eigenvalue weighted by Gasteiger charge is -2.17. The van der Waals surface area contributed by atoms with Crippen LogP contribution in [0, 0.1) is 5.92 Å². The molecular weight excluding hydrogens is 273 g/mol. The first kappa shape index (κ1) is 14.8. The van der Waals surface area contributed by atoms with Gasteiger partial charge in [0.1, 0.15) is 0 Å². The Bertz CT molecular complexity index is 472. The molecule has 0 aromatic carbocycles. The first-order valence-corrected chi connectivity index (χ1v) is 6.39. The Labute approximate surface area is 114 Å². The van der Waals surface area contributed by atoms with E-state index in [1.54, 1.807) is 13.2 Å². The van der Waals surface area contributed by atoms with Gasteiger partial charge >= 0.3 is 6.18 Å². The van der Waals surface area contributed by atoms with Crippen LogP contribution in [0.15, 0.2) is 12.4 Å². The van der Waals surface area contributed by atoms with E-state index in [1.165, 1.54) is 15.8 Å². The fraction of sp³-hybridized carbons (Fsp3) is 0.667. The van der Waals surface area contributed by atoms with Crippen molar-refractivity contribution in [3.63, 3.8) is 0 Å². The van der Waals surface area contributed by atoms with Gasteiger partial charge in [-0.15, -0.1) is 0 Å². The summed E-state index contributed by atoms with van der Waals surface area (Å²) in [7, 11) is 1.71. The number of amides is 1. The number of rotatable bonds is 4. The lowest BCUT2D eigenvalue weighted by atomic mass is 10.1. The van der Waals surface area contributed by atoms with E-state index >= 15 is 0 Å². The number of hydrogen-bond donors (Lipinski definition) is 1. The lowest BCUT2D eigenvalue weighted by molar-refractivity contribution is -0.143. The van der Waals surface area contributed by atoms with E-state index in [9.17, 15) is 18.0 Å². The number of alkyl halides is 3. The standard InChI is InChI=1S/C12H17F3N4O/c1-18-7-10(5-17-18)11(20)16-4-9-2-3-19(6-9)8-12(13,14)15/h5,7,9H,2-4,6,8H2,1H3,(H,16,20). The van der Waals surface area contributed by atoms with Crippen LogP contribution >= 0.6 is 0 Å². The van der Waals surface area contributed by atoms with Crippen molar-refractivity contribution in [2.45, 2.75) is 12.6 Å². The second kappa shape index (κ2) is 5.82. The highest BCUT2D eigenvalue weighted by Crippen LogP contribution is 2.22. The number of aryl methyl sites for hydroxylation is 1. The minimum Gasteiger partial charge on any atom is -0.352 e. The molecule has 1 saturated heterocycles. The van der Waals surface area contributed by atoms with Crippen molar-refractivity contribution >= 4 is 5.91 Å². The van der Waals surface area contributed by atoms with E-state index in [0.29, 0.717) is 31.6 Å². The normalized spacial score (nSPS) is 20.3. The smallest absolute Gasteiger partial charge is 0.352 e. The van der Waals surface area contributed by atoms with Crippen molar-refractivity contribution in [1.29, 1.82) is 0 Å². The van der Waals surface area contributed by atoms with Gasteiger partial charge < -0.3 is 5.32 Å². The number of aromatic nitrogens is 2. The number of carbonyl (C=O) groups excluding carboxylic acids is 1. The fourth-order valence-corrected chi connectivity index (χ4v) is 2.35. The molecule has 1 aliphatic heterocycles. The fourth-order valence-electron chi connectivity index (χ4n) is 2.35. The van der Waals surface area contributed by atoms with Crippen molar-refractivity contribution in [3.05, 3.63) is 18.0 Å². The minimum atomic E-state index is -4.16. The molecular formula is C12H17F3N4O. The Morgan fingerprint density at radius 3 is 2.90 bits per heavy atom. The van der Waals surface area contributed by atoms with Crippen LogP contribution < -0.4 is 5.32 Å². The molecule has 0 aliphatic carbocycles. The Morgan fingerprint density at radius 2 is 2.30 bits per heavy atom. The summed E-state index contributed by atoms with van der Waals surface area (Å²) in [5.41, 5.74) is 0.456. The third-order valence-electron chi connectivity index (χ3n) is 3.29. The second-order valence-corrected chi connectivity index (χ2v) is 5.12. The van der Waals surface area contributed by atoms with Crippen molar-refractivity contribution in [3.8, 4) is 0 Å². The van der Waals surface area contributed by atoms with Crippen molar-refractivity contribution in [1.82, 2.24) is 20.0 Å². The molecule has 1 fully saturated rings. The van der Waals surface area contributed by atoms with Gasteiger partial charge in [0.25, 0.3) is 5.91 Å². The maximum atomic E-state index is 12.3. The highest BCUT2D eigenvalue weighted by atomic mass is 19.4. The van der Waals surface area contributed by atoms with Gasteiger partial charge in [0.05, 0.1) is 18.3 Å². The lowest BCUT2D eigenvalue weighted by Crippen LogP contribution is -2.34. The monoisotopic (exact) mass is 290 g/mol. The first-order chi connectivity index (χ1) is 9.33. The third kappa shape index (κ3) is 4.22. The quantitative estimate of drug-likeness (QED) is 0.901. The van der Waals surface area contributed by atoms with E-state index in [4.69, 9.17) is 0 Å². The molecule has 20 heavy (non-hydrogen) atoms. The summed E-state index contributed by atoms with van der Waals surface area (Å²) in [6, 6.07) is 0. The Morgan fingerprint density at radius 1 is 1.55 bits per heavy atom. The summed E-state index contributed by atoms with van der Waals surface area (Å²) in [5.74, 6) is -0.176. The highest BCUT2D eigenvalue weighted by Gasteiger charge is 2.34. The molecule has 112 valence electrons. The summed E-state index contributed by atoms with van der Waals surface area (Å²) in [5, 5.41) is 6.63. The highest BCUT2D eigenvalue weighted by molar-refractivity contribution is 5.93. The number of carbonyl (C=O) groups is 1. The van der Waals surface area contributed by atoms with Gasteiger partial charge in [-0.25, -0.2) is 0 Å². The number of halogens is 3. The van der Waals surface area contributed by atoms with Crippen LogP contribution in [-0.2, 0) is 7.05 Å². The zero-order chi connectivity index (χ0) is 14.8. The van der Waals surface area contributed by atoms with Gasteiger partial charge in [-0.2, -0.15) is 18.3 Å². The molecule has 1 aliphatic rings. The van der Waals surface area contributed by atoms with Crippen molar-refractivity contribution in [2.75, 3.05) is 26.2 Å². The van der Waals surface area contributed by atoms with Crippen LogP contribution in [0.3, 0.4) is 0 Å². The average molecular weight is 290 g/mol. The molecule has 0 spiro atoms. The van der Waals surface area contributed by atoms with Gasteiger partial charge in [0.2, 0.25) is 0 Å². The molecule has 5 nitrogen and oxygen atoms in total. The molecule has 1 aromatic rings. The van der Waals surface area contributed by atoms with Crippen molar-refractivity contribution in [2.24, 2.45) is 13.0 Å². The molecule has 8 heteroatoms. The molecule has 0 saturated carbocycles. The average Bonchev–Trinajstić information content (AvgIpc) is 2.93. The van der Waals surface area contributed by atoms with E-state index < -0.39 is 12.7 Å². The predicted molar refractivity (Wildman–Crippen MR) is 66.1 cm³/mol. The number of nitrogens with one attached hydrogen (secondary N) is 1. The molecule has 1 N–H and O–H groups in total. The molecule has 0 radical (unpaired) electrons. The first-order valence-electron chi connectivity index (χ1n) is 6.39. The van der Waals surface area contributed by atoms with E-state index in [0.717, 1.165) is 0 Å².